The minimum absolute atomic E-state index is 0.177. The second kappa shape index (κ2) is 7.89. The number of aryl methyl sites for hydroxylation is 1. The first-order chi connectivity index (χ1) is 14.0. The van der Waals surface area contributed by atoms with E-state index in [1.54, 1.807) is 24.3 Å². The van der Waals surface area contributed by atoms with E-state index in [9.17, 15) is 9.59 Å². The zero-order valence-corrected chi connectivity index (χ0v) is 16.8. The zero-order chi connectivity index (χ0) is 20.4. The second-order valence-electron chi connectivity index (χ2n) is 6.66. The summed E-state index contributed by atoms with van der Waals surface area (Å²) < 4.78 is 5.95. The largest absolute Gasteiger partial charge is 0.445 e. The molecular weight excluding hydrogens is 386 g/mol. The van der Waals surface area contributed by atoms with Gasteiger partial charge in [0.2, 0.25) is 12.1 Å². The summed E-state index contributed by atoms with van der Waals surface area (Å²) in [6, 6.07) is 18.4. The number of ether oxygens (including phenoxy) is 1. The third-order valence-electron chi connectivity index (χ3n) is 4.47. The number of carbonyl (C=O) groups is 2. The molecule has 0 aliphatic carbocycles. The van der Waals surface area contributed by atoms with E-state index in [0.29, 0.717) is 17.1 Å². The summed E-state index contributed by atoms with van der Waals surface area (Å²) in [5.41, 5.74) is 3.12. The van der Waals surface area contributed by atoms with E-state index in [1.165, 1.54) is 23.3 Å². The van der Waals surface area contributed by atoms with Gasteiger partial charge in [-0.1, -0.05) is 35.9 Å². The fourth-order valence-corrected chi connectivity index (χ4v) is 3.57. The molecule has 0 saturated heterocycles. The van der Waals surface area contributed by atoms with Gasteiger partial charge >= 0.3 is 0 Å². The van der Waals surface area contributed by atoms with Crippen LogP contribution in [0.2, 0.25) is 0 Å². The van der Waals surface area contributed by atoms with E-state index in [-0.39, 0.29) is 11.8 Å². The maximum atomic E-state index is 12.4. The monoisotopic (exact) mass is 405 g/mol. The van der Waals surface area contributed by atoms with Crippen LogP contribution in [-0.4, -0.2) is 22.7 Å². The quantitative estimate of drug-likeness (QED) is 0.692. The third-order valence-corrected chi connectivity index (χ3v) is 5.32. The lowest BCUT2D eigenvalue weighted by Crippen LogP contribution is -2.25. The highest BCUT2D eigenvalue weighted by atomic mass is 32.1. The summed E-state index contributed by atoms with van der Waals surface area (Å²) >= 11 is 1.50. The summed E-state index contributed by atoms with van der Waals surface area (Å²) in [6.07, 6.45) is -0.633. The maximum absolute atomic E-state index is 12.4. The number of hydrazone groups is 1. The summed E-state index contributed by atoms with van der Waals surface area (Å²) in [5, 5.41) is 10.5. The molecule has 1 atom stereocenters. The van der Waals surface area contributed by atoms with Crippen molar-refractivity contribution in [1.29, 1.82) is 0 Å². The Morgan fingerprint density at radius 2 is 1.79 bits per heavy atom. The van der Waals surface area contributed by atoms with Gasteiger partial charge in [0.1, 0.15) is 0 Å². The Morgan fingerprint density at radius 1 is 1.07 bits per heavy atom. The Bertz CT molecular complexity index is 1060. The number of nitrogens with zero attached hydrogens (tertiary/aromatic N) is 2. The molecule has 6 nitrogen and oxygen atoms in total. The Morgan fingerprint density at radius 3 is 2.41 bits per heavy atom. The summed E-state index contributed by atoms with van der Waals surface area (Å²) in [6.45, 7) is 3.43. The Balaban J connectivity index is 1.49. The molecule has 2 heterocycles. The fourth-order valence-electron chi connectivity index (χ4n) is 2.92. The molecule has 1 aromatic heterocycles. The molecule has 1 aliphatic heterocycles. The lowest BCUT2D eigenvalue weighted by atomic mass is 10.1. The molecular formula is C22H19N3O3S. The van der Waals surface area contributed by atoms with Crippen molar-refractivity contribution in [3.63, 3.8) is 0 Å². The molecule has 0 bridgehead atoms. The Kier molecular flexibility index (Phi) is 5.14. The molecule has 146 valence electrons. The van der Waals surface area contributed by atoms with Gasteiger partial charge in [0.05, 0.1) is 4.88 Å². The average Bonchev–Trinajstić information content (AvgIpc) is 3.39. The van der Waals surface area contributed by atoms with Crippen molar-refractivity contribution in [3.05, 3.63) is 87.6 Å². The molecule has 2 amide bonds. The first-order valence-corrected chi connectivity index (χ1v) is 9.96. The number of hydrogen-bond donors (Lipinski definition) is 1. The van der Waals surface area contributed by atoms with E-state index < -0.39 is 6.23 Å². The van der Waals surface area contributed by atoms with E-state index in [4.69, 9.17) is 4.74 Å². The highest BCUT2D eigenvalue weighted by Gasteiger charge is 2.33. The van der Waals surface area contributed by atoms with Crippen LogP contribution >= 0.6 is 11.3 Å². The van der Waals surface area contributed by atoms with Crippen LogP contribution in [0.1, 0.15) is 39.5 Å². The van der Waals surface area contributed by atoms with Gasteiger partial charge in [-0.25, -0.2) is 0 Å². The van der Waals surface area contributed by atoms with Crippen LogP contribution in [0.25, 0.3) is 0 Å². The van der Waals surface area contributed by atoms with E-state index in [1.807, 2.05) is 48.7 Å². The molecule has 2 aromatic carbocycles. The number of hydrogen-bond acceptors (Lipinski definition) is 5. The molecule has 4 rings (SSSR count). The molecule has 7 heteroatoms. The van der Waals surface area contributed by atoms with Gasteiger partial charge in [0.15, 0.2) is 0 Å². The van der Waals surface area contributed by atoms with Crippen molar-refractivity contribution in [2.24, 2.45) is 5.10 Å². The van der Waals surface area contributed by atoms with Crippen LogP contribution in [0.3, 0.4) is 0 Å². The van der Waals surface area contributed by atoms with Crippen molar-refractivity contribution < 1.29 is 14.3 Å². The van der Waals surface area contributed by atoms with Crippen molar-refractivity contribution in [3.8, 4) is 0 Å². The van der Waals surface area contributed by atoms with E-state index in [0.717, 1.165) is 16.0 Å². The van der Waals surface area contributed by atoms with Crippen molar-refractivity contribution in [1.82, 2.24) is 5.01 Å². The summed E-state index contributed by atoms with van der Waals surface area (Å²) in [4.78, 5) is 25.3. The predicted molar refractivity (Wildman–Crippen MR) is 113 cm³/mol. The van der Waals surface area contributed by atoms with Gasteiger partial charge in [0.25, 0.3) is 11.8 Å². The topological polar surface area (TPSA) is 71.0 Å². The molecule has 3 aromatic rings. The number of amides is 2. The van der Waals surface area contributed by atoms with E-state index >= 15 is 0 Å². The maximum Gasteiger partial charge on any atom is 0.255 e. The lowest BCUT2D eigenvalue weighted by molar-refractivity contribution is -0.135. The van der Waals surface area contributed by atoms with Crippen molar-refractivity contribution in [2.45, 2.75) is 20.1 Å². The second-order valence-corrected chi connectivity index (χ2v) is 7.61. The van der Waals surface area contributed by atoms with Crippen LogP contribution in [-0.2, 0) is 9.53 Å². The Hall–Kier alpha value is -3.45. The van der Waals surface area contributed by atoms with Gasteiger partial charge in [-0.05, 0) is 42.6 Å². The van der Waals surface area contributed by atoms with Crippen molar-refractivity contribution in [2.75, 3.05) is 5.32 Å². The van der Waals surface area contributed by atoms with Crippen LogP contribution < -0.4 is 5.32 Å². The van der Waals surface area contributed by atoms with Crippen LogP contribution in [0, 0.1) is 6.92 Å². The average molecular weight is 405 g/mol. The first kappa shape index (κ1) is 18.9. The molecule has 1 unspecified atom stereocenters. The number of thiophene rings is 1. The molecule has 0 radical (unpaired) electrons. The van der Waals surface area contributed by atoms with Gasteiger partial charge in [0, 0.05) is 23.7 Å². The summed E-state index contributed by atoms with van der Waals surface area (Å²) in [5.74, 6) is 0.0406. The van der Waals surface area contributed by atoms with Crippen LogP contribution in [0.15, 0.2) is 71.1 Å². The van der Waals surface area contributed by atoms with Gasteiger partial charge in [-0.15, -0.1) is 16.4 Å². The highest BCUT2D eigenvalue weighted by Crippen LogP contribution is 2.31. The standard InChI is InChI=1S/C22H19N3O3S/c1-14-5-7-16(8-6-14)20(27)23-18-11-9-17(10-12-18)22-25(15(2)26)24-21(28-22)19-4-3-13-29-19/h3-13,22H,1-2H3,(H,23,27). The number of carbonyl (C=O) groups excluding carboxylic acids is 2. The van der Waals surface area contributed by atoms with Crippen molar-refractivity contribution >= 4 is 34.7 Å². The highest BCUT2D eigenvalue weighted by molar-refractivity contribution is 7.12. The molecule has 0 fully saturated rings. The van der Waals surface area contributed by atoms with Gasteiger partial charge < -0.3 is 10.1 Å². The fraction of sp³-hybridized carbons (Fsp3) is 0.136. The normalized spacial score (nSPS) is 15.6. The van der Waals surface area contributed by atoms with Crippen LogP contribution in [0.4, 0.5) is 5.69 Å². The predicted octanol–water partition coefficient (Wildman–Crippen LogP) is 4.55. The number of anilines is 1. The molecule has 1 aliphatic rings. The smallest absolute Gasteiger partial charge is 0.255 e. The van der Waals surface area contributed by atoms with Gasteiger partial charge in [-0.2, -0.15) is 5.01 Å². The number of benzene rings is 2. The zero-order valence-electron chi connectivity index (χ0n) is 16.0. The number of nitrogens with one attached hydrogen (secondary N) is 1. The Labute approximate surface area is 172 Å². The minimum Gasteiger partial charge on any atom is -0.445 e. The molecule has 0 saturated carbocycles. The third kappa shape index (κ3) is 4.05. The molecule has 0 spiro atoms. The van der Waals surface area contributed by atoms with E-state index in [2.05, 4.69) is 10.4 Å². The molecule has 1 N–H and O–H groups in total. The summed E-state index contributed by atoms with van der Waals surface area (Å²) in [7, 11) is 0. The van der Waals surface area contributed by atoms with Gasteiger partial charge in [-0.3, -0.25) is 9.59 Å². The number of rotatable bonds is 4. The van der Waals surface area contributed by atoms with Crippen LogP contribution in [0.5, 0.6) is 0 Å². The lowest BCUT2D eigenvalue weighted by Gasteiger charge is -2.19. The minimum atomic E-state index is -0.633. The SMILES string of the molecule is CC(=O)N1N=C(c2cccs2)OC1c1ccc(NC(=O)c2ccc(C)cc2)cc1. The first-order valence-electron chi connectivity index (χ1n) is 9.08. The molecule has 29 heavy (non-hydrogen) atoms.